The number of nitrogens with two attached hydrogens (primary N) is 1. The molecule has 0 aliphatic heterocycles. The van der Waals surface area contributed by atoms with Gasteiger partial charge in [0.25, 0.3) is 0 Å². The SMILES string of the molecule is NC(C(=O)O)C(I)c1ccccc1. The molecule has 0 saturated heterocycles. The maximum atomic E-state index is 10.6. The highest BCUT2D eigenvalue weighted by molar-refractivity contribution is 14.1. The van der Waals surface area contributed by atoms with Crippen LogP contribution in [0.5, 0.6) is 0 Å². The van der Waals surface area contributed by atoms with Crippen LogP contribution in [-0.4, -0.2) is 17.1 Å². The lowest BCUT2D eigenvalue weighted by molar-refractivity contribution is -0.138. The summed E-state index contributed by atoms with van der Waals surface area (Å²) < 4.78 is -0.184. The smallest absolute Gasteiger partial charge is 0.321 e. The van der Waals surface area contributed by atoms with Crippen LogP contribution < -0.4 is 5.73 Å². The van der Waals surface area contributed by atoms with Crippen LogP contribution in [0.3, 0.4) is 0 Å². The average Bonchev–Trinajstić information content (AvgIpc) is 2.17. The summed E-state index contributed by atoms with van der Waals surface area (Å²) in [5, 5.41) is 8.68. The Hall–Kier alpha value is -0.620. The number of carbonyl (C=O) groups is 1. The highest BCUT2D eigenvalue weighted by Gasteiger charge is 2.22. The van der Waals surface area contributed by atoms with Crippen LogP contribution in [0, 0.1) is 0 Å². The number of rotatable bonds is 3. The Balaban J connectivity index is 2.79. The molecular formula is C9H10INO2. The Morgan fingerprint density at radius 1 is 1.38 bits per heavy atom. The maximum absolute atomic E-state index is 10.6. The van der Waals surface area contributed by atoms with E-state index < -0.39 is 12.0 Å². The molecule has 0 aromatic heterocycles. The fourth-order valence-corrected chi connectivity index (χ4v) is 1.69. The molecule has 2 atom stereocenters. The van der Waals surface area contributed by atoms with E-state index in [1.807, 2.05) is 52.9 Å². The van der Waals surface area contributed by atoms with Gasteiger partial charge in [-0.3, -0.25) is 4.79 Å². The minimum Gasteiger partial charge on any atom is -0.480 e. The van der Waals surface area contributed by atoms with Gasteiger partial charge >= 0.3 is 5.97 Å². The van der Waals surface area contributed by atoms with Crippen LogP contribution >= 0.6 is 22.6 Å². The summed E-state index contributed by atoms with van der Waals surface area (Å²) in [4.78, 5) is 10.6. The summed E-state index contributed by atoms with van der Waals surface area (Å²) in [5.41, 5.74) is 6.43. The number of benzene rings is 1. The molecule has 1 aromatic carbocycles. The van der Waals surface area contributed by atoms with Crippen LogP contribution in [0.4, 0.5) is 0 Å². The zero-order valence-corrected chi connectivity index (χ0v) is 9.01. The Kier molecular flexibility index (Phi) is 3.68. The number of hydrogen-bond donors (Lipinski definition) is 2. The second-order valence-electron chi connectivity index (χ2n) is 2.68. The van der Waals surface area contributed by atoms with Crippen LogP contribution in [0.25, 0.3) is 0 Å². The van der Waals surface area contributed by atoms with Gasteiger partial charge in [0.05, 0.1) is 3.92 Å². The number of alkyl halides is 1. The van der Waals surface area contributed by atoms with Gasteiger partial charge in [-0.1, -0.05) is 52.9 Å². The first-order chi connectivity index (χ1) is 6.13. The standard InChI is InChI=1S/C9H10INO2/c10-7(8(11)9(12)13)6-4-2-1-3-5-6/h1-5,7-8H,11H2,(H,12,13). The van der Waals surface area contributed by atoms with Gasteiger partial charge in [-0.25, -0.2) is 0 Å². The van der Waals surface area contributed by atoms with Crippen LogP contribution in [0.1, 0.15) is 9.49 Å². The monoisotopic (exact) mass is 291 g/mol. The van der Waals surface area contributed by atoms with Gasteiger partial charge in [-0.15, -0.1) is 0 Å². The fraction of sp³-hybridized carbons (Fsp3) is 0.222. The van der Waals surface area contributed by atoms with E-state index in [1.54, 1.807) is 0 Å². The third kappa shape index (κ3) is 2.67. The topological polar surface area (TPSA) is 63.3 Å². The lowest BCUT2D eigenvalue weighted by atomic mass is 10.1. The largest absolute Gasteiger partial charge is 0.480 e. The van der Waals surface area contributed by atoms with Gasteiger partial charge in [-0.05, 0) is 5.56 Å². The van der Waals surface area contributed by atoms with E-state index in [4.69, 9.17) is 10.8 Å². The molecule has 3 nitrogen and oxygen atoms in total. The number of carboxylic acid groups (broad SMARTS) is 1. The molecule has 1 rings (SSSR count). The van der Waals surface area contributed by atoms with Crippen molar-refractivity contribution >= 4 is 28.6 Å². The zero-order chi connectivity index (χ0) is 9.84. The zero-order valence-electron chi connectivity index (χ0n) is 6.85. The van der Waals surface area contributed by atoms with Gasteiger partial charge in [0, 0.05) is 0 Å². The van der Waals surface area contributed by atoms with Crippen molar-refractivity contribution in [2.45, 2.75) is 9.97 Å². The van der Waals surface area contributed by atoms with Crippen molar-refractivity contribution in [2.24, 2.45) is 5.73 Å². The molecule has 0 aliphatic carbocycles. The van der Waals surface area contributed by atoms with Crippen molar-refractivity contribution in [3.63, 3.8) is 0 Å². The molecule has 2 unspecified atom stereocenters. The van der Waals surface area contributed by atoms with Gasteiger partial charge < -0.3 is 10.8 Å². The van der Waals surface area contributed by atoms with Crippen molar-refractivity contribution in [3.8, 4) is 0 Å². The quantitative estimate of drug-likeness (QED) is 0.656. The van der Waals surface area contributed by atoms with Gasteiger partial charge in [0.1, 0.15) is 6.04 Å². The molecule has 13 heavy (non-hydrogen) atoms. The minimum absolute atomic E-state index is 0.184. The van der Waals surface area contributed by atoms with Crippen LogP contribution in [0.15, 0.2) is 30.3 Å². The highest BCUT2D eigenvalue weighted by Crippen LogP contribution is 2.25. The van der Waals surface area contributed by atoms with Gasteiger partial charge in [-0.2, -0.15) is 0 Å². The Bertz CT molecular complexity index is 289. The number of hydrogen-bond acceptors (Lipinski definition) is 2. The normalized spacial score (nSPS) is 14.9. The van der Waals surface area contributed by atoms with Crippen molar-refractivity contribution in [3.05, 3.63) is 35.9 Å². The molecular weight excluding hydrogens is 281 g/mol. The molecule has 1 aromatic rings. The second kappa shape index (κ2) is 4.57. The molecule has 0 aliphatic rings. The lowest BCUT2D eigenvalue weighted by Gasteiger charge is -2.13. The molecule has 0 spiro atoms. The molecule has 4 heteroatoms. The third-order valence-corrected chi connectivity index (χ3v) is 3.21. The molecule has 0 radical (unpaired) electrons. The van der Waals surface area contributed by atoms with Crippen molar-refractivity contribution in [1.29, 1.82) is 0 Å². The van der Waals surface area contributed by atoms with Crippen molar-refractivity contribution in [2.75, 3.05) is 0 Å². The summed E-state index contributed by atoms with van der Waals surface area (Å²) in [6.45, 7) is 0. The lowest BCUT2D eigenvalue weighted by Crippen LogP contribution is -2.33. The predicted octanol–water partition coefficient (Wildman–Crippen LogP) is 1.57. The molecule has 70 valence electrons. The first-order valence-corrected chi connectivity index (χ1v) is 5.05. The van der Waals surface area contributed by atoms with Gasteiger partial charge in [0.15, 0.2) is 0 Å². The molecule has 3 N–H and O–H groups in total. The van der Waals surface area contributed by atoms with E-state index in [9.17, 15) is 4.79 Å². The molecule has 0 fully saturated rings. The predicted molar refractivity (Wildman–Crippen MR) is 58.8 cm³/mol. The van der Waals surface area contributed by atoms with Crippen molar-refractivity contribution in [1.82, 2.24) is 0 Å². The van der Waals surface area contributed by atoms with E-state index in [2.05, 4.69) is 0 Å². The molecule has 0 heterocycles. The highest BCUT2D eigenvalue weighted by atomic mass is 127. The van der Waals surface area contributed by atoms with E-state index in [0.717, 1.165) is 5.56 Å². The number of halogens is 1. The van der Waals surface area contributed by atoms with Gasteiger partial charge in [0.2, 0.25) is 0 Å². The van der Waals surface area contributed by atoms with E-state index in [0.29, 0.717) is 0 Å². The molecule has 0 amide bonds. The van der Waals surface area contributed by atoms with Crippen LogP contribution in [0.2, 0.25) is 0 Å². The number of carboxylic acids is 1. The van der Waals surface area contributed by atoms with E-state index in [1.165, 1.54) is 0 Å². The van der Waals surface area contributed by atoms with Crippen LogP contribution in [-0.2, 0) is 4.79 Å². The number of aliphatic carboxylic acids is 1. The fourth-order valence-electron chi connectivity index (χ4n) is 0.969. The summed E-state index contributed by atoms with van der Waals surface area (Å²) in [5.74, 6) is -0.969. The Labute approximate surface area is 90.1 Å². The first kappa shape index (κ1) is 10.5. The first-order valence-electron chi connectivity index (χ1n) is 3.80. The summed E-state index contributed by atoms with van der Waals surface area (Å²) in [6, 6.07) is 8.53. The van der Waals surface area contributed by atoms with E-state index in [-0.39, 0.29) is 3.92 Å². The maximum Gasteiger partial charge on any atom is 0.321 e. The van der Waals surface area contributed by atoms with E-state index >= 15 is 0 Å². The molecule has 0 saturated carbocycles. The van der Waals surface area contributed by atoms with Crippen molar-refractivity contribution < 1.29 is 9.90 Å². The second-order valence-corrected chi connectivity index (χ2v) is 4.02. The Morgan fingerprint density at radius 3 is 2.38 bits per heavy atom. The average molecular weight is 291 g/mol. The minimum atomic E-state index is -0.969. The summed E-state index contributed by atoms with van der Waals surface area (Å²) >= 11 is 2.04. The third-order valence-electron chi connectivity index (χ3n) is 1.72. The summed E-state index contributed by atoms with van der Waals surface area (Å²) in [6.07, 6.45) is 0. The Morgan fingerprint density at radius 2 is 1.92 bits per heavy atom. The molecule has 0 bridgehead atoms. The summed E-state index contributed by atoms with van der Waals surface area (Å²) in [7, 11) is 0.